The average Bonchev–Trinajstić information content (AvgIpc) is 2.80. The topological polar surface area (TPSA) is 73.7 Å². The van der Waals surface area contributed by atoms with Crippen LogP contribution in [0.5, 0.6) is 0 Å². The van der Waals surface area contributed by atoms with E-state index in [9.17, 15) is 49.1 Å². The second-order valence-electron chi connectivity index (χ2n) is 7.33. The van der Waals surface area contributed by atoms with E-state index in [4.69, 9.17) is 4.74 Å². The van der Waals surface area contributed by atoms with Crippen molar-refractivity contribution < 1.29 is 53.8 Å². The van der Waals surface area contributed by atoms with E-state index in [0.29, 0.717) is 4.57 Å². The minimum Gasteiger partial charge on any atom is -0.466 e. The Bertz CT molecular complexity index is 1310. The summed E-state index contributed by atoms with van der Waals surface area (Å²) in [6, 6.07) is -0.124. The van der Waals surface area contributed by atoms with Gasteiger partial charge >= 0.3 is 24.5 Å². The lowest BCUT2D eigenvalue weighted by Gasteiger charge is -2.34. The summed E-state index contributed by atoms with van der Waals surface area (Å²) in [5.41, 5.74) is -8.28. The molecule has 0 aliphatic heterocycles. The van der Waals surface area contributed by atoms with Gasteiger partial charge in [0.2, 0.25) is 12.2 Å². The molecule has 0 aliphatic rings. The van der Waals surface area contributed by atoms with Gasteiger partial charge in [0, 0.05) is 13.2 Å². The van der Waals surface area contributed by atoms with Crippen molar-refractivity contribution in [1.29, 1.82) is 0 Å². The van der Waals surface area contributed by atoms with Gasteiger partial charge in [-0.3, -0.25) is 14.3 Å². The lowest BCUT2D eigenvalue weighted by atomic mass is 10.1. The molecule has 2 aromatic rings. The molecule has 0 radical (unpaired) electrons. The Morgan fingerprint density at radius 2 is 1.67 bits per heavy atom. The molecule has 0 spiro atoms. The molecule has 1 aromatic carbocycles. The summed E-state index contributed by atoms with van der Waals surface area (Å²) in [6.45, 7) is 3.53. The Balaban J connectivity index is 3.25. The van der Waals surface area contributed by atoms with Crippen LogP contribution in [-0.4, -0.2) is 35.5 Å². The fourth-order valence-corrected chi connectivity index (χ4v) is 4.36. The normalized spacial score (nSPS) is 13.3. The summed E-state index contributed by atoms with van der Waals surface area (Å²) < 4.78 is 132. The molecule has 1 unspecified atom stereocenters. The van der Waals surface area contributed by atoms with Crippen LogP contribution in [0, 0.1) is 0 Å². The molecular weight excluding hydrogens is 689 g/mol. The van der Waals surface area contributed by atoms with Crippen molar-refractivity contribution in [3.05, 3.63) is 60.9 Å². The maximum Gasteiger partial charge on any atom is 0.434 e. The zero-order chi connectivity index (χ0) is 30.1. The van der Waals surface area contributed by atoms with Crippen LogP contribution in [0.2, 0.25) is 0 Å². The van der Waals surface area contributed by atoms with Crippen molar-refractivity contribution in [2.45, 2.75) is 38.2 Å². The molecule has 39 heavy (non-hydrogen) atoms. The van der Waals surface area contributed by atoms with Gasteiger partial charge in [0.05, 0.1) is 28.4 Å². The third kappa shape index (κ3) is 6.95. The molecule has 18 heteroatoms. The quantitative estimate of drug-likeness (QED) is 0.132. The number of hydrogen-bond acceptors (Lipinski definition) is 6. The highest BCUT2D eigenvalue weighted by Gasteiger charge is 2.44. The first-order valence-electron chi connectivity index (χ1n) is 10.3. The molecule has 216 valence electrons. The largest absolute Gasteiger partial charge is 0.466 e. The van der Waals surface area contributed by atoms with Gasteiger partial charge in [0.25, 0.3) is 5.56 Å². The predicted molar refractivity (Wildman–Crippen MR) is 125 cm³/mol. The second-order valence-corrected chi connectivity index (χ2v) is 8.92. The SMILES string of the molecule is C=CCn1c(N(c2cc(C(F)(F)F)cc(C(F)(F)F)c2Br)C(OCC)C(=O)OC)nc(C(F)(F)F)c(Br)c1=O. The van der Waals surface area contributed by atoms with E-state index in [-0.39, 0.29) is 17.0 Å². The molecule has 7 nitrogen and oxygen atoms in total. The van der Waals surface area contributed by atoms with Gasteiger partial charge in [0.15, 0.2) is 5.69 Å². The number of anilines is 2. The van der Waals surface area contributed by atoms with E-state index < -0.39 is 86.8 Å². The summed E-state index contributed by atoms with van der Waals surface area (Å²) in [6.07, 6.45) is -17.5. The van der Waals surface area contributed by atoms with Crippen molar-refractivity contribution in [1.82, 2.24) is 9.55 Å². The maximum atomic E-state index is 13.8. The fourth-order valence-electron chi connectivity index (χ4n) is 3.19. The number of rotatable bonds is 8. The highest BCUT2D eigenvalue weighted by atomic mass is 79.9. The number of benzene rings is 1. The smallest absolute Gasteiger partial charge is 0.434 e. The van der Waals surface area contributed by atoms with Gasteiger partial charge in [-0.15, -0.1) is 6.58 Å². The number of halogens is 11. The van der Waals surface area contributed by atoms with Crippen molar-refractivity contribution in [3.63, 3.8) is 0 Å². The van der Waals surface area contributed by atoms with Crippen molar-refractivity contribution >= 4 is 49.5 Å². The zero-order valence-corrected chi connectivity index (χ0v) is 22.7. The Morgan fingerprint density at radius 1 is 1.08 bits per heavy atom. The van der Waals surface area contributed by atoms with Crippen molar-refractivity contribution in [3.8, 4) is 0 Å². The average molecular weight is 705 g/mol. The van der Waals surface area contributed by atoms with Gasteiger partial charge in [-0.1, -0.05) is 6.08 Å². The highest BCUT2D eigenvalue weighted by Crippen LogP contribution is 2.46. The number of aromatic nitrogens is 2. The van der Waals surface area contributed by atoms with Gasteiger partial charge in [-0.05, 0) is 50.9 Å². The number of methoxy groups -OCH3 is 1. The first kappa shape index (κ1) is 32.6. The molecule has 0 bridgehead atoms. The molecule has 0 saturated heterocycles. The molecular formula is C21H16Br2F9N3O4. The van der Waals surface area contributed by atoms with Gasteiger partial charge in [-0.2, -0.15) is 39.5 Å². The number of nitrogens with zero attached hydrogens (tertiary/aromatic N) is 3. The number of allylic oxidation sites excluding steroid dienone is 1. The van der Waals surface area contributed by atoms with Crippen LogP contribution >= 0.6 is 31.9 Å². The van der Waals surface area contributed by atoms with E-state index >= 15 is 0 Å². The van der Waals surface area contributed by atoms with Gasteiger partial charge in [-0.25, -0.2) is 9.78 Å². The molecule has 1 atom stereocenters. The molecule has 0 aliphatic carbocycles. The van der Waals surface area contributed by atoms with Crippen LogP contribution in [0.15, 0.2) is 38.5 Å². The van der Waals surface area contributed by atoms with E-state index in [1.165, 1.54) is 6.92 Å². The second kappa shape index (κ2) is 11.9. The summed E-state index contributed by atoms with van der Waals surface area (Å²) >= 11 is 5.04. The molecule has 0 fully saturated rings. The molecule has 1 heterocycles. The lowest BCUT2D eigenvalue weighted by Crippen LogP contribution is -2.45. The van der Waals surface area contributed by atoms with Crippen LogP contribution in [0.1, 0.15) is 23.7 Å². The maximum absolute atomic E-state index is 13.8. The standard InChI is InChI=1S/C21H16Br2F9N3O4/c1-4-6-34-15(36)13(23)14(21(30,31)32)33-18(34)35(16(39-5-2)17(37)38-3)11-8-9(19(24,25)26)7-10(12(11)22)20(27,28)29/h4,7-8,16H,1,5-6H2,2-3H3. The van der Waals surface area contributed by atoms with Crippen LogP contribution in [0.3, 0.4) is 0 Å². The number of hydrogen-bond donors (Lipinski definition) is 0. The molecule has 0 saturated carbocycles. The summed E-state index contributed by atoms with van der Waals surface area (Å²) in [7, 11) is 0.780. The number of carbonyl (C=O) groups excluding carboxylic acids is 1. The number of carbonyl (C=O) groups is 1. The van der Waals surface area contributed by atoms with E-state index in [2.05, 4.69) is 48.2 Å². The first-order valence-corrected chi connectivity index (χ1v) is 11.8. The van der Waals surface area contributed by atoms with E-state index in [0.717, 1.165) is 13.2 Å². The van der Waals surface area contributed by atoms with Gasteiger partial charge < -0.3 is 9.47 Å². The van der Waals surface area contributed by atoms with Gasteiger partial charge in [0.1, 0.15) is 4.47 Å². The molecule has 0 amide bonds. The first-order chi connectivity index (χ1) is 17.8. The van der Waals surface area contributed by atoms with E-state index in [1.54, 1.807) is 0 Å². The zero-order valence-electron chi connectivity index (χ0n) is 19.6. The Labute approximate surface area is 230 Å². The number of alkyl halides is 9. The van der Waals surface area contributed by atoms with Crippen molar-refractivity contribution in [2.24, 2.45) is 0 Å². The monoisotopic (exact) mass is 703 g/mol. The minimum absolute atomic E-state index is 0.119. The Morgan fingerprint density at radius 3 is 2.10 bits per heavy atom. The summed E-state index contributed by atoms with van der Waals surface area (Å²) in [5, 5.41) is 0. The van der Waals surface area contributed by atoms with Crippen molar-refractivity contribution in [2.75, 3.05) is 18.6 Å². The molecule has 2 rings (SSSR count). The Kier molecular flexibility index (Phi) is 9.93. The lowest BCUT2D eigenvalue weighted by molar-refractivity contribution is -0.153. The fraction of sp³-hybridized carbons (Fsp3) is 0.381. The Hall–Kier alpha value is -2.60. The van der Waals surface area contributed by atoms with Crippen LogP contribution in [0.4, 0.5) is 51.1 Å². The third-order valence-electron chi connectivity index (χ3n) is 4.80. The summed E-state index contributed by atoms with van der Waals surface area (Å²) in [4.78, 5) is 29.1. The highest BCUT2D eigenvalue weighted by molar-refractivity contribution is 9.11. The number of esters is 1. The predicted octanol–water partition coefficient (Wildman–Crippen LogP) is 6.68. The molecule has 0 N–H and O–H groups in total. The van der Waals surface area contributed by atoms with Crippen LogP contribution < -0.4 is 10.5 Å². The minimum atomic E-state index is -5.42. The summed E-state index contributed by atoms with van der Waals surface area (Å²) in [5.74, 6) is -2.65. The number of ether oxygens (including phenoxy) is 2. The van der Waals surface area contributed by atoms with Crippen LogP contribution in [-0.2, 0) is 39.3 Å². The third-order valence-corrected chi connectivity index (χ3v) is 6.35. The molecule has 1 aromatic heterocycles. The van der Waals surface area contributed by atoms with E-state index in [1.807, 2.05) is 0 Å². The van der Waals surface area contributed by atoms with Crippen LogP contribution in [0.25, 0.3) is 0 Å².